The van der Waals surface area contributed by atoms with Gasteiger partial charge in [-0.15, -0.1) is 11.3 Å². The summed E-state index contributed by atoms with van der Waals surface area (Å²) in [6, 6.07) is 4.13. The third-order valence-corrected chi connectivity index (χ3v) is 3.96. The Labute approximate surface area is 153 Å². The fraction of sp³-hybridized carbons (Fsp3) is 0.312. The first-order valence-electron chi connectivity index (χ1n) is 7.66. The molecule has 0 atom stereocenters. The molecule has 0 unspecified atom stereocenters. The van der Waals surface area contributed by atoms with Crippen molar-refractivity contribution < 1.29 is 24.0 Å². The molecule has 0 aliphatic heterocycles. The fourth-order valence-corrected chi connectivity index (χ4v) is 2.74. The number of rotatable bonds is 8. The van der Waals surface area contributed by atoms with Gasteiger partial charge in [0.2, 0.25) is 0 Å². The van der Waals surface area contributed by atoms with Gasteiger partial charge in [0.15, 0.2) is 11.7 Å². The lowest BCUT2D eigenvalue weighted by Gasteiger charge is -2.08. The number of carbonyl (C=O) groups excluding carboxylic acids is 2. The summed E-state index contributed by atoms with van der Waals surface area (Å²) in [6.45, 7) is 3.40. The third-order valence-electron chi connectivity index (χ3n) is 3.16. The Morgan fingerprint density at radius 1 is 1.38 bits per heavy atom. The molecule has 0 bridgehead atoms. The van der Waals surface area contributed by atoms with E-state index in [-0.39, 0.29) is 24.7 Å². The van der Waals surface area contributed by atoms with E-state index >= 15 is 0 Å². The first-order valence-corrected chi connectivity index (χ1v) is 8.54. The molecule has 1 aromatic carbocycles. The van der Waals surface area contributed by atoms with Crippen LogP contribution in [0.4, 0.5) is 10.8 Å². The highest BCUT2D eigenvalue weighted by Gasteiger charge is 2.13. The van der Waals surface area contributed by atoms with E-state index in [9.17, 15) is 19.7 Å². The van der Waals surface area contributed by atoms with Crippen LogP contribution in [0.1, 0.15) is 18.2 Å². The van der Waals surface area contributed by atoms with Crippen LogP contribution >= 0.6 is 11.3 Å². The Bertz CT molecular complexity index is 820. The molecule has 2 aromatic rings. The molecule has 0 spiro atoms. The number of carbonyl (C=O) groups is 2. The molecule has 1 heterocycles. The minimum atomic E-state index is -0.500. The zero-order chi connectivity index (χ0) is 19.1. The Morgan fingerprint density at radius 2 is 2.15 bits per heavy atom. The molecule has 1 aromatic heterocycles. The van der Waals surface area contributed by atoms with Crippen molar-refractivity contribution in [3.63, 3.8) is 0 Å². The van der Waals surface area contributed by atoms with Crippen LogP contribution in [0.25, 0.3) is 0 Å². The average molecular weight is 379 g/mol. The first-order chi connectivity index (χ1) is 12.4. The maximum Gasteiger partial charge on any atom is 0.311 e. The van der Waals surface area contributed by atoms with Gasteiger partial charge in [-0.25, -0.2) is 4.98 Å². The van der Waals surface area contributed by atoms with Crippen LogP contribution in [0.2, 0.25) is 0 Å². The molecular weight excluding hydrogens is 362 g/mol. The molecule has 2 rings (SSSR count). The van der Waals surface area contributed by atoms with Crippen LogP contribution in [0, 0.1) is 17.0 Å². The minimum absolute atomic E-state index is 0.0404. The van der Waals surface area contributed by atoms with E-state index in [2.05, 4.69) is 10.3 Å². The number of nitrogens with one attached hydrogen (secondary N) is 1. The number of nitro groups is 1. The standard InChI is InChI=1S/C16H17N3O6S/c1-3-24-15(21)7-11-9-26-16(17-11)18-14(20)8-25-13-5-4-12(19(22)23)6-10(13)2/h4-6,9H,3,7-8H2,1-2H3,(H,17,18,20). The van der Waals surface area contributed by atoms with E-state index in [1.54, 1.807) is 19.2 Å². The summed E-state index contributed by atoms with van der Waals surface area (Å²) in [7, 11) is 0. The molecule has 0 aliphatic carbocycles. The Kier molecular flexibility index (Phi) is 6.61. The van der Waals surface area contributed by atoms with E-state index in [1.807, 2.05) is 0 Å². The van der Waals surface area contributed by atoms with Gasteiger partial charge >= 0.3 is 5.97 Å². The predicted molar refractivity (Wildman–Crippen MR) is 94.4 cm³/mol. The molecule has 1 N–H and O–H groups in total. The molecule has 10 heteroatoms. The SMILES string of the molecule is CCOC(=O)Cc1csc(NC(=O)COc2ccc([N+](=O)[O-])cc2C)n1. The minimum Gasteiger partial charge on any atom is -0.483 e. The summed E-state index contributed by atoms with van der Waals surface area (Å²) in [5.41, 5.74) is 1.02. The normalized spacial score (nSPS) is 10.2. The number of anilines is 1. The van der Waals surface area contributed by atoms with E-state index in [0.29, 0.717) is 28.7 Å². The number of non-ortho nitro benzene ring substituents is 1. The summed E-state index contributed by atoms with van der Waals surface area (Å²) in [6.07, 6.45) is 0.0404. The van der Waals surface area contributed by atoms with Gasteiger partial charge < -0.3 is 9.47 Å². The molecule has 26 heavy (non-hydrogen) atoms. The van der Waals surface area contributed by atoms with E-state index < -0.39 is 10.8 Å². The van der Waals surface area contributed by atoms with Gasteiger partial charge in [-0.05, 0) is 25.5 Å². The average Bonchev–Trinajstić information content (AvgIpc) is 3.00. The van der Waals surface area contributed by atoms with Gasteiger partial charge in [-0.3, -0.25) is 25.0 Å². The second-order valence-electron chi connectivity index (χ2n) is 5.17. The molecule has 9 nitrogen and oxygen atoms in total. The molecule has 0 saturated heterocycles. The fourth-order valence-electron chi connectivity index (χ4n) is 2.01. The lowest BCUT2D eigenvalue weighted by molar-refractivity contribution is -0.384. The van der Waals surface area contributed by atoms with E-state index in [1.165, 1.54) is 29.5 Å². The monoisotopic (exact) mass is 379 g/mol. The lowest BCUT2D eigenvalue weighted by Crippen LogP contribution is -2.20. The van der Waals surface area contributed by atoms with Crippen molar-refractivity contribution in [3.05, 3.63) is 45.0 Å². The highest BCUT2D eigenvalue weighted by molar-refractivity contribution is 7.13. The van der Waals surface area contributed by atoms with Crippen molar-refractivity contribution in [1.29, 1.82) is 0 Å². The van der Waals surface area contributed by atoms with Crippen molar-refractivity contribution in [2.24, 2.45) is 0 Å². The Hall–Kier alpha value is -3.01. The number of nitrogens with zero attached hydrogens (tertiary/aromatic N) is 2. The zero-order valence-corrected chi connectivity index (χ0v) is 15.0. The number of amides is 1. The topological polar surface area (TPSA) is 121 Å². The van der Waals surface area contributed by atoms with Crippen molar-refractivity contribution in [2.45, 2.75) is 20.3 Å². The van der Waals surface area contributed by atoms with Gasteiger partial charge in [-0.2, -0.15) is 0 Å². The Balaban J connectivity index is 1.86. The largest absolute Gasteiger partial charge is 0.483 e. The van der Waals surface area contributed by atoms with Crippen LogP contribution in [-0.4, -0.2) is 35.0 Å². The van der Waals surface area contributed by atoms with Gasteiger partial charge in [0, 0.05) is 17.5 Å². The van der Waals surface area contributed by atoms with Crippen molar-refractivity contribution in [1.82, 2.24) is 4.98 Å². The van der Waals surface area contributed by atoms with Crippen molar-refractivity contribution in [3.8, 4) is 5.75 Å². The maximum atomic E-state index is 11.9. The second-order valence-corrected chi connectivity index (χ2v) is 6.03. The summed E-state index contributed by atoms with van der Waals surface area (Å²) in [5.74, 6) is -0.430. The number of nitro benzene ring substituents is 1. The van der Waals surface area contributed by atoms with Gasteiger partial charge in [-0.1, -0.05) is 0 Å². The molecule has 138 valence electrons. The quantitative estimate of drug-likeness (QED) is 0.425. The summed E-state index contributed by atoms with van der Waals surface area (Å²) in [5, 5.41) is 15.3. The zero-order valence-electron chi connectivity index (χ0n) is 14.2. The van der Waals surface area contributed by atoms with Gasteiger partial charge in [0.1, 0.15) is 5.75 Å². The number of benzene rings is 1. The molecular formula is C16H17N3O6S. The molecule has 0 saturated carbocycles. The van der Waals surface area contributed by atoms with Gasteiger partial charge in [0.05, 0.1) is 23.6 Å². The number of hydrogen-bond acceptors (Lipinski definition) is 8. The number of aromatic nitrogens is 1. The highest BCUT2D eigenvalue weighted by Crippen LogP contribution is 2.23. The van der Waals surface area contributed by atoms with Gasteiger partial charge in [0.25, 0.3) is 11.6 Å². The summed E-state index contributed by atoms with van der Waals surface area (Å²) >= 11 is 1.19. The van der Waals surface area contributed by atoms with Crippen LogP contribution < -0.4 is 10.1 Å². The summed E-state index contributed by atoms with van der Waals surface area (Å²) in [4.78, 5) is 37.7. The molecule has 1 amide bonds. The third kappa shape index (κ3) is 5.52. The number of thiazole rings is 1. The predicted octanol–water partition coefficient (Wildman–Crippen LogP) is 2.48. The van der Waals surface area contributed by atoms with Crippen LogP contribution in [-0.2, 0) is 20.7 Å². The van der Waals surface area contributed by atoms with Crippen molar-refractivity contribution >= 4 is 34.0 Å². The molecule has 0 fully saturated rings. The smallest absolute Gasteiger partial charge is 0.311 e. The first kappa shape index (κ1) is 19.3. The number of aryl methyl sites for hydroxylation is 1. The molecule has 0 radical (unpaired) electrons. The van der Waals surface area contributed by atoms with Crippen LogP contribution in [0.3, 0.4) is 0 Å². The van der Waals surface area contributed by atoms with Crippen molar-refractivity contribution in [2.75, 3.05) is 18.5 Å². The number of esters is 1. The van der Waals surface area contributed by atoms with E-state index in [0.717, 1.165) is 0 Å². The second kappa shape index (κ2) is 8.90. The number of ether oxygens (including phenoxy) is 2. The van der Waals surface area contributed by atoms with Crippen LogP contribution in [0.15, 0.2) is 23.6 Å². The Morgan fingerprint density at radius 3 is 2.81 bits per heavy atom. The number of hydrogen-bond donors (Lipinski definition) is 1. The lowest BCUT2D eigenvalue weighted by atomic mass is 10.2. The molecule has 0 aliphatic rings. The highest BCUT2D eigenvalue weighted by atomic mass is 32.1. The maximum absolute atomic E-state index is 11.9. The van der Waals surface area contributed by atoms with E-state index in [4.69, 9.17) is 9.47 Å². The van der Waals surface area contributed by atoms with Crippen LogP contribution in [0.5, 0.6) is 5.75 Å². The summed E-state index contributed by atoms with van der Waals surface area (Å²) < 4.78 is 10.2.